The van der Waals surface area contributed by atoms with Crippen molar-refractivity contribution in [2.45, 2.75) is 36.6 Å². The van der Waals surface area contributed by atoms with E-state index < -0.39 is 48.2 Å². The maximum atomic E-state index is 14.3. The van der Waals surface area contributed by atoms with E-state index in [0.29, 0.717) is 18.4 Å². The Morgan fingerprint density at radius 2 is 1.33 bits per heavy atom. The molecule has 0 radical (unpaired) electrons. The van der Waals surface area contributed by atoms with Crippen molar-refractivity contribution in [3.05, 3.63) is 197 Å². The van der Waals surface area contributed by atoms with Crippen molar-refractivity contribution in [2.75, 3.05) is 12.3 Å². The number of carbonyl (C=O) groups is 3. The summed E-state index contributed by atoms with van der Waals surface area (Å²) in [6.07, 6.45) is -0.111. The predicted molar refractivity (Wildman–Crippen MR) is 218 cm³/mol. The minimum Gasteiger partial charge on any atom is -0.448 e. The van der Waals surface area contributed by atoms with Gasteiger partial charge < -0.3 is 25.7 Å². The van der Waals surface area contributed by atoms with Gasteiger partial charge in [-0.2, -0.15) is 9.36 Å². The largest absolute Gasteiger partial charge is 0.448 e. The van der Waals surface area contributed by atoms with E-state index in [1.165, 1.54) is 4.90 Å². The highest BCUT2D eigenvalue weighted by Gasteiger charge is 2.54. The Balaban J connectivity index is 1.10. The molecule has 2 aliphatic heterocycles. The first-order valence-electron chi connectivity index (χ1n) is 18.7. The molecule has 2 atom stereocenters. The molecule has 0 aliphatic carbocycles. The number of nitrogens with one attached hydrogen (secondary N) is 1. The molecule has 5 aromatic carbocycles. The summed E-state index contributed by atoms with van der Waals surface area (Å²) in [5, 5.41) is 17.8. The second kappa shape index (κ2) is 16.6. The zero-order chi connectivity index (χ0) is 40.1. The number of aromatic nitrogens is 2. The SMILES string of the molecule is Nc1nc(C(=NOC(c2ccccc2)(c2ccccc2)c2ccccc2)C(=O)N[C@@H]2C(=O)N3C(C(=O)OC(c4ccccc4)c4ccccc4)=C(CO)CCC23)ns1. The van der Waals surface area contributed by atoms with Crippen LogP contribution >= 0.6 is 11.5 Å². The van der Waals surface area contributed by atoms with Gasteiger partial charge >= 0.3 is 5.97 Å². The number of oxime groups is 1. The van der Waals surface area contributed by atoms with Crippen LogP contribution in [-0.4, -0.2) is 61.5 Å². The van der Waals surface area contributed by atoms with Crippen molar-refractivity contribution in [3.63, 3.8) is 0 Å². The molecule has 12 nitrogen and oxygen atoms in total. The zero-order valence-corrected chi connectivity index (χ0v) is 31.9. The van der Waals surface area contributed by atoms with Crippen LogP contribution in [0, 0.1) is 0 Å². The Hall–Kier alpha value is -6.96. The van der Waals surface area contributed by atoms with Gasteiger partial charge in [0.1, 0.15) is 11.7 Å². The molecule has 4 N–H and O–H groups in total. The monoisotopic (exact) mass is 790 g/mol. The molecule has 290 valence electrons. The highest BCUT2D eigenvalue weighted by Crippen LogP contribution is 2.42. The minimum atomic E-state index is -1.33. The molecule has 0 bridgehead atoms. The number of amides is 2. The number of β-lactam (4-membered cyclic amide) rings is 1. The van der Waals surface area contributed by atoms with Crippen LogP contribution in [0.4, 0.5) is 5.13 Å². The van der Waals surface area contributed by atoms with Crippen LogP contribution < -0.4 is 11.1 Å². The van der Waals surface area contributed by atoms with Crippen LogP contribution in [0.25, 0.3) is 0 Å². The second-order valence-corrected chi connectivity index (χ2v) is 14.5. The van der Waals surface area contributed by atoms with E-state index in [2.05, 4.69) is 19.8 Å². The molecule has 3 heterocycles. The first-order chi connectivity index (χ1) is 28.4. The molecule has 1 fully saturated rings. The lowest BCUT2D eigenvalue weighted by Crippen LogP contribution is -2.72. The lowest BCUT2D eigenvalue weighted by atomic mass is 9.80. The average Bonchev–Trinajstić information content (AvgIpc) is 3.72. The van der Waals surface area contributed by atoms with E-state index in [-0.39, 0.29) is 22.4 Å². The maximum Gasteiger partial charge on any atom is 0.356 e. The normalized spacial score (nSPS) is 16.7. The van der Waals surface area contributed by atoms with Crippen LogP contribution in [0.1, 0.15) is 52.6 Å². The number of ether oxygens (including phenoxy) is 1. The fourth-order valence-corrected chi connectivity index (χ4v) is 7.98. The van der Waals surface area contributed by atoms with Gasteiger partial charge in [-0.3, -0.25) is 14.5 Å². The lowest BCUT2D eigenvalue weighted by Gasteiger charge is -2.50. The number of rotatable bonds is 13. The summed E-state index contributed by atoms with van der Waals surface area (Å²) in [4.78, 5) is 54.6. The zero-order valence-electron chi connectivity index (χ0n) is 31.1. The number of hydrogen-bond donors (Lipinski definition) is 3. The fraction of sp³-hybridized carbons (Fsp3) is 0.156. The van der Waals surface area contributed by atoms with Gasteiger partial charge in [-0.05, 0) is 29.5 Å². The Kier molecular flexibility index (Phi) is 10.9. The minimum absolute atomic E-state index is 0.0318. The van der Waals surface area contributed by atoms with Gasteiger partial charge in [-0.1, -0.05) is 157 Å². The highest BCUT2D eigenvalue weighted by molar-refractivity contribution is 7.09. The number of aliphatic hydroxyl groups is 1. The molecular weight excluding hydrogens is 753 g/mol. The summed E-state index contributed by atoms with van der Waals surface area (Å²) < 4.78 is 10.4. The number of nitrogens with two attached hydrogens (primary N) is 1. The van der Waals surface area contributed by atoms with Gasteiger partial charge in [-0.15, -0.1) is 0 Å². The summed E-state index contributed by atoms with van der Waals surface area (Å²) in [5.74, 6) is -2.19. The van der Waals surface area contributed by atoms with Gasteiger partial charge in [0.05, 0.1) is 12.6 Å². The third-order valence-electron chi connectivity index (χ3n) is 10.3. The number of nitrogens with zero attached hydrogens (tertiary/aromatic N) is 4. The quantitative estimate of drug-likeness (QED) is 0.0424. The first kappa shape index (κ1) is 37.9. The number of carbonyl (C=O) groups excluding carboxylic acids is 3. The Morgan fingerprint density at radius 1 is 0.828 bits per heavy atom. The van der Waals surface area contributed by atoms with E-state index in [4.69, 9.17) is 15.3 Å². The molecule has 1 unspecified atom stereocenters. The third-order valence-corrected chi connectivity index (χ3v) is 10.9. The van der Waals surface area contributed by atoms with Gasteiger partial charge in [0.25, 0.3) is 11.8 Å². The van der Waals surface area contributed by atoms with Crippen molar-refractivity contribution >= 4 is 40.2 Å². The Labute approximate surface area is 338 Å². The molecular formula is C45H38N6O6S. The maximum absolute atomic E-state index is 14.3. The Bertz CT molecular complexity index is 2330. The van der Waals surface area contributed by atoms with Crippen LogP contribution in [-0.2, 0) is 29.6 Å². The smallest absolute Gasteiger partial charge is 0.356 e. The molecule has 8 rings (SSSR count). The molecule has 1 saturated heterocycles. The summed E-state index contributed by atoms with van der Waals surface area (Å²) in [6.45, 7) is -0.448. The summed E-state index contributed by atoms with van der Waals surface area (Å²) >= 11 is 0.882. The molecule has 0 spiro atoms. The molecule has 0 saturated carbocycles. The third kappa shape index (κ3) is 7.24. The van der Waals surface area contributed by atoms with E-state index in [1.54, 1.807) is 0 Å². The van der Waals surface area contributed by atoms with Gasteiger partial charge in [0.15, 0.2) is 11.2 Å². The van der Waals surface area contributed by atoms with E-state index >= 15 is 0 Å². The van der Waals surface area contributed by atoms with Crippen LogP contribution in [0.2, 0.25) is 0 Å². The number of anilines is 1. The van der Waals surface area contributed by atoms with Gasteiger partial charge in [0, 0.05) is 28.2 Å². The standard InChI is InChI=1S/C45H38N6O6S/c46-44-48-40(50-58-44)37(49-57-45(32-20-10-3-11-21-32,33-22-12-4-13-23-33)34-24-14-5-15-25-34)41(53)47-36-35-27-26-31(28-52)38(51(35)42(36)54)43(55)56-39(29-16-6-1-7-17-29)30-18-8-2-9-19-30/h1-25,35-36,39,52H,26-28H2,(H,47,53)(H2,46,48,50)/t35?,36-/m0/s1. The lowest BCUT2D eigenvalue weighted by molar-refractivity contribution is -0.159. The van der Waals surface area contributed by atoms with Crippen LogP contribution in [0.15, 0.2) is 168 Å². The topological polar surface area (TPSA) is 169 Å². The van der Waals surface area contributed by atoms with Crippen LogP contribution in [0.5, 0.6) is 0 Å². The molecule has 6 aromatic rings. The fourth-order valence-electron chi connectivity index (χ4n) is 7.54. The molecule has 13 heteroatoms. The van der Waals surface area contributed by atoms with Crippen molar-refractivity contribution in [1.29, 1.82) is 0 Å². The van der Waals surface area contributed by atoms with Crippen molar-refractivity contribution < 1.29 is 29.1 Å². The molecule has 58 heavy (non-hydrogen) atoms. The van der Waals surface area contributed by atoms with Crippen molar-refractivity contribution in [1.82, 2.24) is 19.6 Å². The average molecular weight is 791 g/mol. The summed E-state index contributed by atoms with van der Waals surface area (Å²) in [6, 6.07) is 45.4. The number of fused-ring (bicyclic) bond motifs is 1. The number of benzene rings is 5. The summed E-state index contributed by atoms with van der Waals surface area (Å²) in [7, 11) is 0. The van der Waals surface area contributed by atoms with Gasteiger partial charge in [-0.25, -0.2) is 4.79 Å². The number of aliphatic hydroxyl groups excluding tert-OH is 1. The van der Waals surface area contributed by atoms with E-state index in [1.807, 2.05) is 152 Å². The van der Waals surface area contributed by atoms with Crippen molar-refractivity contribution in [3.8, 4) is 0 Å². The number of nitrogen functional groups attached to an aromatic ring is 1. The Morgan fingerprint density at radius 3 is 1.79 bits per heavy atom. The molecule has 1 aromatic heterocycles. The number of hydrogen-bond acceptors (Lipinski definition) is 11. The molecule has 2 aliphatic rings. The second-order valence-electron chi connectivity index (χ2n) is 13.7. The molecule has 2 amide bonds. The first-order valence-corrected chi connectivity index (χ1v) is 19.5. The van der Waals surface area contributed by atoms with E-state index in [9.17, 15) is 19.5 Å². The predicted octanol–water partition coefficient (Wildman–Crippen LogP) is 5.90. The van der Waals surface area contributed by atoms with Gasteiger partial charge in [0.2, 0.25) is 17.1 Å². The van der Waals surface area contributed by atoms with Crippen LogP contribution in [0.3, 0.4) is 0 Å². The summed E-state index contributed by atoms with van der Waals surface area (Å²) in [5.41, 5.74) is 8.38. The number of esters is 1. The van der Waals surface area contributed by atoms with E-state index in [0.717, 1.165) is 39.3 Å². The highest BCUT2D eigenvalue weighted by atomic mass is 32.1. The van der Waals surface area contributed by atoms with Crippen molar-refractivity contribution in [2.24, 2.45) is 5.16 Å².